The number of rotatable bonds is 3. The molecular formula is C15H19N3OS. The summed E-state index contributed by atoms with van der Waals surface area (Å²) in [5.74, 6) is 0.917. The molecule has 4 nitrogen and oxygen atoms in total. The number of carbonyl (C=O) groups excluding carboxylic acids is 1. The predicted molar refractivity (Wildman–Crippen MR) is 85.9 cm³/mol. The van der Waals surface area contributed by atoms with Gasteiger partial charge in [-0.25, -0.2) is 0 Å². The summed E-state index contributed by atoms with van der Waals surface area (Å²) in [7, 11) is 1.79. The van der Waals surface area contributed by atoms with E-state index < -0.39 is 0 Å². The van der Waals surface area contributed by atoms with Crippen LogP contribution in [0.5, 0.6) is 0 Å². The first-order valence-electron chi connectivity index (χ1n) is 6.53. The van der Waals surface area contributed by atoms with Crippen molar-refractivity contribution in [1.29, 1.82) is 0 Å². The molecule has 0 saturated carbocycles. The Morgan fingerprint density at radius 2 is 2.25 bits per heavy atom. The molecule has 0 aliphatic carbocycles. The molecule has 2 rings (SSSR count). The molecule has 1 amide bonds. The lowest BCUT2D eigenvalue weighted by molar-refractivity contribution is 0.0984. The average Bonchev–Trinajstić information content (AvgIpc) is 2.48. The summed E-state index contributed by atoms with van der Waals surface area (Å²) in [6, 6.07) is 5.76. The van der Waals surface area contributed by atoms with E-state index in [0.29, 0.717) is 5.56 Å². The molecule has 0 bridgehead atoms. The molecule has 0 fully saturated rings. The number of amides is 1. The van der Waals surface area contributed by atoms with Crippen molar-refractivity contribution in [3.63, 3.8) is 0 Å². The number of nitrogens with zero attached hydrogens (tertiary/aromatic N) is 1. The molecule has 106 valence electrons. The fourth-order valence-electron chi connectivity index (χ4n) is 2.17. The number of aryl methyl sites for hydroxylation is 1. The van der Waals surface area contributed by atoms with Crippen LogP contribution >= 0.6 is 11.9 Å². The number of benzene rings is 1. The number of amidine groups is 1. The molecule has 5 heteroatoms. The monoisotopic (exact) mass is 289 g/mol. The molecule has 1 aliphatic rings. The summed E-state index contributed by atoms with van der Waals surface area (Å²) >= 11 is 1.31. The second kappa shape index (κ2) is 6.61. The minimum absolute atomic E-state index is 0.0699. The quantitative estimate of drug-likeness (QED) is 0.841. The van der Waals surface area contributed by atoms with Gasteiger partial charge in [0.15, 0.2) is 0 Å². The number of hydrogen-bond acceptors (Lipinski definition) is 3. The van der Waals surface area contributed by atoms with Gasteiger partial charge in [-0.05, 0) is 31.0 Å². The van der Waals surface area contributed by atoms with Gasteiger partial charge in [-0.15, -0.1) is 0 Å². The largest absolute Gasteiger partial charge is 0.344 e. The van der Waals surface area contributed by atoms with Gasteiger partial charge in [0, 0.05) is 36.5 Å². The van der Waals surface area contributed by atoms with E-state index in [0.717, 1.165) is 35.5 Å². The molecule has 20 heavy (non-hydrogen) atoms. The molecule has 1 aromatic carbocycles. The van der Waals surface area contributed by atoms with Crippen LogP contribution in [0.1, 0.15) is 34.3 Å². The third-order valence-corrected chi connectivity index (χ3v) is 3.65. The topological polar surface area (TPSA) is 53.5 Å². The maximum absolute atomic E-state index is 11.9. The molecule has 1 aromatic rings. The smallest absolute Gasteiger partial charge is 0.261 e. The van der Waals surface area contributed by atoms with Crippen molar-refractivity contribution in [2.75, 3.05) is 13.3 Å². The normalized spacial score (nSPS) is 16.6. The van der Waals surface area contributed by atoms with Gasteiger partial charge in [0.05, 0.1) is 0 Å². The average molecular weight is 289 g/mol. The number of nitrogens with one attached hydrogen (secondary N) is 2. The van der Waals surface area contributed by atoms with Crippen molar-refractivity contribution < 1.29 is 4.79 Å². The minimum Gasteiger partial charge on any atom is -0.344 e. The zero-order chi connectivity index (χ0) is 14.5. The van der Waals surface area contributed by atoms with Crippen LogP contribution in [-0.4, -0.2) is 25.0 Å². The molecule has 1 heterocycles. The highest BCUT2D eigenvalue weighted by atomic mass is 32.2. The SMILES string of the molecule is CN=C1CCC=C(c2cc(C(=O)NSC)ccc2C)N1. The Labute approximate surface area is 123 Å². The van der Waals surface area contributed by atoms with Crippen LogP contribution in [-0.2, 0) is 0 Å². The fraction of sp³-hybridized carbons (Fsp3) is 0.333. The molecule has 0 saturated heterocycles. The molecule has 0 unspecified atom stereocenters. The van der Waals surface area contributed by atoms with Gasteiger partial charge >= 0.3 is 0 Å². The first-order chi connectivity index (χ1) is 9.65. The molecule has 1 aliphatic heterocycles. The third kappa shape index (κ3) is 3.22. The highest BCUT2D eigenvalue weighted by Crippen LogP contribution is 2.22. The Kier molecular flexibility index (Phi) is 4.84. The van der Waals surface area contributed by atoms with Gasteiger partial charge in [-0.1, -0.05) is 24.1 Å². The Morgan fingerprint density at radius 3 is 2.95 bits per heavy atom. The Morgan fingerprint density at radius 1 is 1.45 bits per heavy atom. The zero-order valence-electron chi connectivity index (χ0n) is 12.0. The highest BCUT2D eigenvalue weighted by Gasteiger charge is 2.14. The summed E-state index contributed by atoms with van der Waals surface area (Å²) in [6.07, 6.45) is 5.90. The number of allylic oxidation sites excluding steroid dienone is 1. The highest BCUT2D eigenvalue weighted by molar-refractivity contribution is 7.97. The van der Waals surface area contributed by atoms with E-state index in [2.05, 4.69) is 21.1 Å². The molecule has 0 aromatic heterocycles. The van der Waals surface area contributed by atoms with Gasteiger partial charge < -0.3 is 5.32 Å². The maximum Gasteiger partial charge on any atom is 0.261 e. The van der Waals surface area contributed by atoms with Crippen molar-refractivity contribution in [3.05, 3.63) is 41.0 Å². The van der Waals surface area contributed by atoms with Gasteiger partial charge in [0.2, 0.25) is 0 Å². The van der Waals surface area contributed by atoms with Crippen LogP contribution in [0.15, 0.2) is 29.3 Å². The van der Waals surface area contributed by atoms with E-state index in [1.54, 1.807) is 7.05 Å². The van der Waals surface area contributed by atoms with E-state index in [-0.39, 0.29) is 5.91 Å². The zero-order valence-corrected chi connectivity index (χ0v) is 12.8. The summed E-state index contributed by atoms with van der Waals surface area (Å²) in [4.78, 5) is 16.1. The Bertz CT molecular complexity index is 578. The summed E-state index contributed by atoms with van der Waals surface area (Å²) in [5, 5.41) is 3.33. The van der Waals surface area contributed by atoms with E-state index in [1.807, 2.05) is 31.4 Å². The van der Waals surface area contributed by atoms with Crippen LogP contribution < -0.4 is 10.0 Å². The number of carbonyl (C=O) groups is 1. The molecular weight excluding hydrogens is 270 g/mol. The summed E-state index contributed by atoms with van der Waals surface area (Å²) < 4.78 is 2.75. The molecule has 0 atom stereocenters. The van der Waals surface area contributed by atoms with Crippen molar-refractivity contribution in [2.24, 2.45) is 4.99 Å². The van der Waals surface area contributed by atoms with Crippen LogP contribution in [0.3, 0.4) is 0 Å². The third-order valence-electron chi connectivity index (χ3n) is 3.26. The van der Waals surface area contributed by atoms with Crippen molar-refractivity contribution in [1.82, 2.24) is 10.0 Å². The van der Waals surface area contributed by atoms with Crippen LogP contribution in [0.2, 0.25) is 0 Å². The van der Waals surface area contributed by atoms with Gasteiger partial charge in [0.1, 0.15) is 5.84 Å². The van der Waals surface area contributed by atoms with Gasteiger partial charge in [-0.3, -0.25) is 14.5 Å². The van der Waals surface area contributed by atoms with Crippen molar-refractivity contribution in [3.8, 4) is 0 Å². The van der Waals surface area contributed by atoms with Crippen LogP contribution in [0.25, 0.3) is 5.70 Å². The van der Waals surface area contributed by atoms with E-state index >= 15 is 0 Å². The second-order valence-electron chi connectivity index (χ2n) is 4.62. The summed E-state index contributed by atoms with van der Waals surface area (Å²) in [5.41, 5.74) is 3.90. The Balaban J connectivity index is 2.34. The minimum atomic E-state index is -0.0699. The van der Waals surface area contributed by atoms with Gasteiger partial charge in [0.25, 0.3) is 5.91 Å². The van der Waals surface area contributed by atoms with E-state index in [4.69, 9.17) is 0 Å². The first kappa shape index (κ1) is 14.7. The molecule has 2 N–H and O–H groups in total. The predicted octanol–water partition coefficient (Wildman–Crippen LogP) is 2.76. The second-order valence-corrected chi connectivity index (χ2v) is 5.23. The number of hydrogen-bond donors (Lipinski definition) is 2. The van der Waals surface area contributed by atoms with Crippen molar-refractivity contribution >= 4 is 29.4 Å². The number of aliphatic imine (C=N–C) groups is 1. The van der Waals surface area contributed by atoms with Crippen LogP contribution in [0, 0.1) is 6.92 Å². The lowest BCUT2D eigenvalue weighted by atomic mass is 9.99. The lowest BCUT2D eigenvalue weighted by Gasteiger charge is -2.19. The molecule has 0 spiro atoms. The summed E-state index contributed by atoms with van der Waals surface area (Å²) in [6.45, 7) is 2.05. The van der Waals surface area contributed by atoms with E-state index in [9.17, 15) is 4.79 Å². The van der Waals surface area contributed by atoms with Crippen molar-refractivity contribution in [2.45, 2.75) is 19.8 Å². The van der Waals surface area contributed by atoms with Gasteiger partial charge in [-0.2, -0.15) is 0 Å². The fourth-order valence-corrected chi connectivity index (χ4v) is 2.48. The maximum atomic E-state index is 11.9. The molecule has 0 radical (unpaired) electrons. The van der Waals surface area contributed by atoms with Crippen LogP contribution in [0.4, 0.5) is 0 Å². The Hall–Kier alpha value is -1.75. The van der Waals surface area contributed by atoms with E-state index in [1.165, 1.54) is 11.9 Å². The standard InChI is InChI=1S/C15H19N3OS/c1-10-7-8-11(15(19)18-20-3)9-12(10)13-5-4-6-14(16-2)17-13/h5,7-9H,4,6H2,1-3H3,(H,16,17)(H,18,19). The first-order valence-corrected chi connectivity index (χ1v) is 7.75. The lowest BCUT2D eigenvalue weighted by Crippen LogP contribution is -2.25.